The molecule has 1 fully saturated rings. The Hall–Kier alpha value is -0.480. The fourth-order valence-corrected chi connectivity index (χ4v) is 1.68. The van der Waals surface area contributed by atoms with Gasteiger partial charge in [-0.15, -0.1) is 0 Å². The molecule has 76 valence electrons. The van der Waals surface area contributed by atoms with Crippen LogP contribution < -0.4 is 15.5 Å². The van der Waals surface area contributed by atoms with Crippen molar-refractivity contribution in [3.63, 3.8) is 0 Å². The molecular formula is C9H11Cl2N3. The summed E-state index contributed by atoms with van der Waals surface area (Å²) in [5.41, 5.74) is 1.07. The van der Waals surface area contributed by atoms with Crippen LogP contribution in [-0.4, -0.2) is 20.0 Å². The summed E-state index contributed by atoms with van der Waals surface area (Å²) in [6, 6.07) is 5.65. The Morgan fingerprint density at radius 2 is 1.79 bits per heavy atom. The van der Waals surface area contributed by atoms with Crippen molar-refractivity contribution in [3.8, 4) is 0 Å². The molecule has 1 heterocycles. The van der Waals surface area contributed by atoms with Crippen molar-refractivity contribution in [2.24, 2.45) is 0 Å². The predicted octanol–water partition coefficient (Wildman–Crippen LogP) is 1.87. The van der Waals surface area contributed by atoms with Crippen molar-refractivity contribution in [3.05, 3.63) is 28.2 Å². The molecule has 0 bridgehead atoms. The molecule has 0 aliphatic carbocycles. The van der Waals surface area contributed by atoms with Crippen LogP contribution in [0.5, 0.6) is 0 Å². The molecule has 0 saturated carbocycles. The number of hydrogen-bond acceptors (Lipinski definition) is 3. The first-order valence-electron chi connectivity index (χ1n) is 4.39. The van der Waals surface area contributed by atoms with E-state index < -0.39 is 0 Å². The molecule has 5 heteroatoms. The normalized spacial score (nSPS) is 17.1. The van der Waals surface area contributed by atoms with Gasteiger partial charge in [0.1, 0.15) is 0 Å². The predicted molar refractivity (Wildman–Crippen MR) is 59.8 cm³/mol. The van der Waals surface area contributed by atoms with Gasteiger partial charge in [-0.1, -0.05) is 23.2 Å². The summed E-state index contributed by atoms with van der Waals surface area (Å²) in [5, 5.41) is 7.60. The highest BCUT2D eigenvalue weighted by Gasteiger charge is 2.10. The molecule has 1 aromatic rings. The minimum Gasteiger partial charge on any atom is -0.346 e. The van der Waals surface area contributed by atoms with E-state index in [0.29, 0.717) is 10.0 Å². The quantitative estimate of drug-likeness (QED) is 0.773. The average Bonchev–Trinajstić information content (AvgIpc) is 2.23. The summed E-state index contributed by atoms with van der Waals surface area (Å²) >= 11 is 11.8. The van der Waals surface area contributed by atoms with Crippen LogP contribution >= 0.6 is 23.2 Å². The van der Waals surface area contributed by atoms with Crippen molar-refractivity contribution in [2.45, 2.75) is 0 Å². The maximum Gasteiger partial charge on any atom is 0.0704 e. The van der Waals surface area contributed by atoms with Gasteiger partial charge in [0.2, 0.25) is 0 Å². The highest BCUT2D eigenvalue weighted by molar-refractivity contribution is 6.42. The summed E-state index contributed by atoms with van der Waals surface area (Å²) < 4.78 is 0. The SMILES string of the molecule is Clc1ccc(N2CNCNC2)cc1Cl. The molecule has 0 aromatic heterocycles. The lowest BCUT2D eigenvalue weighted by molar-refractivity contribution is 0.494. The van der Waals surface area contributed by atoms with E-state index in [1.54, 1.807) is 0 Å². The van der Waals surface area contributed by atoms with Gasteiger partial charge < -0.3 is 4.90 Å². The van der Waals surface area contributed by atoms with E-state index in [9.17, 15) is 0 Å². The lowest BCUT2D eigenvalue weighted by Crippen LogP contribution is -2.50. The van der Waals surface area contributed by atoms with Gasteiger partial charge in [0.05, 0.1) is 23.4 Å². The molecule has 0 atom stereocenters. The van der Waals surface area contributed by atoms with Crippen LogP contribution in [0.3, 0.4) is 0 Å². The molecule has 3 nitrogen and oxygen atoms in total. The monoisotopic (exact) mass is 231 g/mol. The third-order valence-corrected chi connectivity index (χ3v) is 2.86. The van der Waals surface area contributed by atoms with Crippen molar-refractivity contribution in [2.75, 3.05) is 24.9 Å². The van der Waals surface area contributed by atoms with E-state index >= 15 is 0 Å². The molecule has 0 spiro atoms. The average molecular weight is 232 g/mol. The Morgan fingerprint density at radius 1 is 1.07 bits per heavy atom. The van der Waals surface area contributed by atoms with Crippen LogP contribution in [0.1, 0.15) is 0 Å². The first kappa shape index (κ1) is 10.1. The van der Waals surface area contributed by atoms with E-state index in [2.05, 4.69) is 15.5 Å². The van der Waals surface area contributed by atoms with Gasteiger partial charge in [-0.25, -0.2) is 0 Å². The molecule has 1 aromatic carbocycles. The minimum absolute atomic E-state index is 0.591. The van der Waals surface area contributed by atoms with Gasteiger partial charge in [0.15, 0.2) is 0 Å². The van der Waals surface area contributed by atoms with Crippen molar-refractivity contribution >= 4 is 28.9 Å². The van der Waals surface area contributed by atoms with Crippen molar-refractivity contribution in [1.82, 2.24) is 10.6 Å². The van der Waals surface area contributed by atoms with Gasteiger partial charge in [0.25, 0.3) is 0 Å². The molecular weight excluding hydrogens is 221 g/mol. The molecule has 1 saturated heterocycles. The molecule has 1 aliphatic heterocycles. The van der Waals surface area contributed by atoms with E-state index in [-0.39, 0.29) is 0 Å². The maximum absolute atomic E-state index is 5.93. The lowest BCUT2D eigenvalue weighted by Gasteiger charge is -2.30. The van der Waals surface area contributed by atoms with Crippen LogP contribution in [0.4, 0.5) is 5.69 Å². The van der Waals surface area contributed by atoms with Gasteiger partial charge in [-0.2, -0.15) is 0 Å². The smallest absolute Gasteiger partial charge is 0.0704 e. The third kappa shape index (κ3) is 2.12. The largest absolute Gasteiger partial charge is 0.346 e. The lowest BCUT2D eigenvalue weighted by atomic mass is 10.3. The highest BCUT2D eigenvalue weighted by Crippen LogP contribution is 2.26. The molecule has 14 heavy (non-hydrogen) atoms. The zero-order valence-corrected chi connectivity index (χ0v) is 9.07. The topological polar surface area (TPSA) is 27.3 Å². The molecule has 2 N–H and O–H groups in total. The van der Waals surface area contributed by atoms with Crippen LogP contribution in [0, 0.1) is 0 Å². The van der Waals surface area contributed by atoms with E-state index in [0.717, 1.165) is 25.7 Å². The zero-order chi connectivity index (χ0) is 9.97. The third-order valence-electron chi connectivity index (χ3n) is 2.12. The van der Waals surface area contributed by atoms with E-state index in [1.807, 2.05) is 18.2 Å². The second-order valence-corrected chi connectivity index (χ2v) is 3.95. The van der Waals surface area contributed by atoms with Crippen molar-refractivity contribution in [1.29, 1.82) is 0 Å². The molecule has 0 amide bonds. The van der Waals surface area contributed by atoms with Gasteiger partial charge in [0, 0.05) is 12.4 Å². The number of halogens is 2. The number of hydrogen-bond donors (Lipinski definition) is 2. The molecule has 1 aliphatic rings. The Kier molecular flexibility index (Phi) is 3.13. The maximum atomic E-state index is 5.93. The number of nitrogens with zero attached hydrogens (tertiary/aromatic N) is 1. The van der Waals surface area contributed by atoms with Gasteiger partial charge >= 0.3 is 0 Å². The Labute approximate surface area is 93.0 Å². The second-order valence-electron chi connectivity index (χ2n) is 3.13. The summed E-state index contributed by atoms with van der Waals surface area (Å²) in [5.74, 6) is 0. The van der Waals surface area contributed by atoms with E-state index in [4.69, 9.17) is 23.2 Å². The summed E-state index contributed by atoms with van der Waals surface area (Å²) in [7, 11) is 0. The zero-order valence-electron chi connectivity index (χ0n) is 7.56. The fraction of sp³-hybridized carbons (Fsp3) is 0.333. The van der Waals surface area contributed by atoms with Crippen LogP contribution in [0.25, 0.3) is 0 Å². The van der Waals surface area contributed by atoms with Crippen LogP contribution in [0.2, 0.25) is 10.0 Å². The van der Waals surface area contributed by atoms with Crippen LogP contribution in [0.15, 0.2) is 18.2 Å². The Morgan fingerprint density at radius 3 is 2.43 bits per heavy atom. The summed E-state index contributed by atoms with van der Waals surface area (Å²) in [6.45, 7) is 2.49. The van der Waals surface area contributed by atoms with Gasteiger partial charge in [-0.3, -0.25) is 10.6 Å². The number of anilines is 1. The molecule has 0 unspecified atom stereocenters. The second kappa shape index (κ2) is 4.36. The van der Waals surface area contributed by atoms with Gasteiger partial charge in [-0.05, 0) is 18.2 Å². The first-order chi connectivity index (χ1) is 6.77. The van der Waals surface area contributed by atoms with E-state index in [1.165, 1.54) is 0 Å². The highest BCUT2D eigenvalue weighted by atomic mass is 35.5. The minimum atomic E-state index is 0.591. The first-order valence-corrected chi connectivity index (χ1v) is 5.14. The molecule has 2 rings (SSSR count). The number of benzene rings is 1. The standard InChI is InChI=1S/C9H11Cl2N3/c10-8-2-1-7(3-9(8)11)14-5-12-4-13-6-14/h1-3,12-13H,4-6H2. The summed E-state index contributed by atoms with van der Waals surface area (Å²) in [4.78, 5) is 2.14. The number of nitrogens with one attached hydrogen (secondary N) is 2. The molecule has 0 radical (unpaired) electrons. The van der Waals surface area contributed by atoms with Crippen molar-refractivity contribution < 1.29 is 0 Å². The Bertz CT molecular complexity index is 324. The van der Waals surface area contributed by atoms with Crippen LogP contribution in [-0.2, 0) is 0 Å². The summed E-state index contributed by atoms with van der Waals surface area (Å²) in [6.07, 6.45) is 0. The number of rotatable bonds is 1. The Balaban J connectivity index is 2.18. The fourth-order valence-electron chi connectivity index (χ4n) is 1.39.